The second-order valence-electron chi connectivity index (χ2n) is 6.47. The predicted molar refractivity (Wildman–Crippen MR) is 76.5 cm³/mol. The molecule has 1 aromatic rings. The Labute approximate surface area is 118 Å². The molecule has 2 rings (SSSR count). The minimum Gasteiger partial charge on any atom is -0.469 e. The molecule has 20 heavy (non-hydrogen) atoms. The third-order valence-electron chi connectivity index (χ3n) is 3.68. The van der Waals surface area contributed by atoms with Crippen molar-refractivity contribution in [1.82, 2.24) is 4.98 Å². The monoisotopic (exact) mass is 279 g/mol. The number of nitrogens with two attached hydrogens (primary N) is 1. The van der Waals surface area contributed by atoms with Gasteiger partial charge in [-0.05, 0) is 36.7 Å². The van der Waals surface area contributed by atoms with Crippen LogP contribution in [0.5, 0.6) is 5.88 Å². The first-order valence-electron chi connectivity index (χ1n) is 6.84. The van der Waals surface area contributed by atoms with Gasteiger partial charge >= 0.3 is 5.69 Å². The van der Waals surface area contributed by atoms with E-state index in [9.17, 15) is 10.1 Å². The van der Waals surface area contributed by atoms with Crippen LogP contribution >= 0.6 is 0 Å². The zero-order chi connectivity index (χ0) is 14.9. The van der Waals surface area contributed by atoms with Crippen LogP contribution < -0.4 is 10.5 Å². The van der Waals surface area contributed by atoms with Gasteiger partial charge in [0, 0.05) is 6.07 Å². The van der Waals surface area contributed by atoms with Crippen LogP contribution in [0.1, 0.15) is 40.0 Å². The van der Waals surface area contributed by atoms with Gasteiger partial charge in [-0.15, -0.1) is 0 Å². The highest BCUT2D eigenvalue weighted by Crippen LogP contribution is 2.40. The fourth-order valence-corrected chi connectivity index (χ4v) is 3.18. The van der Waals surface area contributed by atoms with Crippen molar-refractivity contribution in [1.29, 1.82) is 0 Å². The van der Waals surface area contributed by atoms with Gasteiger partial charge in [-0.3, -0.25) is 10.1 Å². The third-order valence-corrected chi connectivity index (χ3v) is 3.68. The molecule has 1 aromatic heterocycles. The summed E-state index contributed by atoms with van der Waals surface area (Å²) in [5.41, 5.74) is 5.65. The third kappa shape index (κ3) is 3.37. The van der Waals surface area contributed by atoms with Gasteiger partial charge in [-0.25, -0.2) is 0 Å². The molecule has 1 saturated carbocycles. The van der Waals surface area contributed by atoms with Gasteiger partial charge in [0.15, 0.2) is 0 Å². The maximum atomic E-state index is 11.0. The van der Waals surface area contributed by atoms with E-state index in [4.69, 9.17) is 10.5 Å². The number of ether oxygens (including phenoxy) is 1. The molecule has 0 aliphatic heterocycles. The van der Waals surface area contributed by atoms with Crippen LogP contribution in [0.25, 0.3) is 0 Å². The Bertz CT molecular complexity index is 516. The maximum absolute atomic E-state index is 11.0. The predicted octanol–water partition coefficient (Wildman–Crippen LogP) is 3.17. The van der Waals surface area contributed by atoms with Crippen LogP contribution in [0.3, 0.4) is 0 Å². The molecule has 0 radical (unpaired) electrons. The molecule has 2 N–H and O–H groups in total. The number of nitrogen functional groups attached to an aromatic ring is 1. The molecule has 110 valence electrons. The number of hydrogen-bond donors (Lipinski definition) is 1. The second kappa shape index (κ2) is 5.26. The number of rotatable bonds is 3. The Hall–Kier alpha value is -1.85. The average Bonchev–Trinajstić information content (AvgIpc) is 2.25. The Balaban J connectivity index is 2.21. The fourth-order valence-electron chi connectivity index (χ4n) is 3.18. The molecule has 2 unspecified atom stereocenters. The largest absolute Gasteiger partial charge is 0.469 e. The molecule has 6 heteroatoms. The minimum absolute atomic E-state index is 0.0323. The molecule has 2 atom stereocenters. The number of nitro groups is 1. The Kier molecular flexibility index (Phi) is 3.83. The Morgan fingerprint density at radius 1 is 1.45 bits per heavy atom. The Morgan fingerprint density at radius 3 is 2.75 bits per heavy atom. The van der Waals surface area contributed by atoms with E-state index in [-0.39, 0.29) is 28.9 Å². The van der Waals surface area contributed by atoms with Crippen molar-refractivity contribution in [2.24, 2.45) is 11.3 Å². The Morgan fingerprint density at radius 2 is 2.15 bits per heavy atom. The summed E-state index contributed by atoms with van der Waals surface area (Å²) < 4.78 is 5.80. The maximum Gasteiger partial charge on any atom is 0.331 e. The first kappa shape index (κ1) is 14.6. The van der Waals surface area contributed by atoms with Gasteiger partial charge in [0.1, 0.15) is 11.9 Å². The van der Waals surface area contributed by atoms with Crippen molar-refractivity contribution in [3.63, 3.8) is 0 Å². The van der Waals surface area contributed by atoms with Gasteiger partial charge in [0.05, 0.1) is 4.92 Å². The van der Waals surface area contributed by atoms with Gasteiger partial charge in [0.25, 0.3) is 5.88 Å². The van der Waals surface area contributed by atoms with Crippen LogP contribution in [0.2, 0.25) is 0 Å². The first-order valence-corrected chi connectivity index (χ1v) is 6.84. The molecule has 0 aromatic carbocycles. The van der Waals surface area contributed by atoms with Crippen LogP contribution in [0, 0.1) is 21.4 Å². The summed E-state index contributed by atoms with van der Waals surface area (Å²) in [5, 5.41) is 11.0. The molecule has 0 spiro atoms. The lowest BCUT2D eigenvalue weighted by atomic mass is 9.71. The van der Waals surface area contributed by atoms with Crippen LogP contribution in [0.4, 0.5) is 11.5 Å². The van der Waals surface area contributed by atoms with E-state index in [0.717, 1.165) is 19.3 Å². The molecule has 6 nitrogen and oxygen atoms in total. The lowest BCUT2D eigenvalue weighted by Gasteiger charge is -2.38. The number of aromatic nitrogens is 1. The summed E-state index contributed by atoms with van der Waals surface area (Å²) >= 11 is 0. The topological polar surface area (TPSA) is 91.3 Å². The highest BCUT2D eigenvalue weighted by molar-refractivity contribution is 5.47. The molecule has 1 fully saturated rings. The highest BCUT2D eigenvalue weighted by Gasteiger charge is 2.34. The highest BCUT2D eigenvalue weighted by atomic mass is 16.6. The lowest BCUT2D eigenvalue weighted by Crippen LogP contribution is -2.34. The molecule has 0 saturated heterocycles. The average molecular weight is 279 g/mol. The number of nitrogens with zero attached hydrogens (tertiary/aromatic N) is 2. The minimum atomic E-state index is -0.487. The van der Waals surface area contributed by atoms with Crippen LogP contribution in [-0.4, -0.2) is 16.0 Å². The number of pyridine rings is 1. The van der Waals surface area contributed by atoms with Crippen molar-refractivity contribution in [3.8, 4) is 5.88 Å². The van der Waals surface area contributed by atoms with Crippen molar-refractivity contribution < 1.29 is 9.66 Å². The lowest BCUT2D eigenvalue weighted by molar-refractivity contribution is -0.386. The van der Waals surface area contributed by atoms with E-state index in [1.54, 1.807) is 0 Å². The number of anilines is 1. The van der Waals surface area contributed by atoms with E-state index in [0.29, 0.717) is 5.92 Å². The molecule has 1 heterocycles. The normalized spacial score (nSPS) is 25.1. The van der Waals surface area contributed by atoms with Crippen molar-refractivity contribution in [2.45, 2.75) is 46.1 Å². The van der Waals surface area contributed by atoms with Crippen molar-refractivity contribution in [2.75, 3.05) is 5.73 Å². The summed E-state index contributed by atoms with van der Waals surface area (Å²) in [5.74, 6) is 0.794. The van der Waals surface area contributed by atoms with Gasteiger partial charge in [0.2, 0.25) is 0 Å². The van der Waals surface area contributed by atoms with E-state index < -0.39 is 4.92 Å². The molecule has 0 amide bonds. The summed E-state index contributed by atoms with van der Waals surface area (Å²) in [6, 6.07) is 2.76. The van der Waals surface area contributed by atoms with Crippen molar-refractivity contribution >= 4 is 11.5 Å². The zero-order valence-corrected chi connectivity index (χ0v) is 12.1. The van der Waals surface area contributed by atoms with E-state index in [2.05, 4.69) is 25.8 Å². The van der Waals surface area contributed by atoms with Crippen LogP contribution in [-0.2, 0) is 0 Å². The van der Waals surface area contributed by atoms with Gasteiger partial charge < -0.3 is 10.5 Å². The van der Waals surface area contributed by atoms with E-state index >= 15 is 0 Å². The van der Waals surface area contributed by atoms with Crippen molar-refractivity contribution in [3.05, 3.63) is 22.2 Å². The van der Waals surface area contributed by atoms with E-state index in [1.165, 1.54) is 12.1 Å². The SMILES string of the molecule is CC1CC(Oc2nc(N)ccc2[N+](=O)[O-])CC(C)(C)C1. The van der Waals surface area contributed by atoms with Gasteiger partial charge in [-0.2, -0.15) is 4.98 Å². The smallest absolute Gasteiger partial charge is 0.331 e. The molecular weight excluding hydrogens is 258 g/mol. The fraction of sp³-hybridized carbons (Fsp3) is 0.643. The zero-order valence-electron chi connectivity index (χ0n) is 12.1. The van der Waals surface area contributed by atoms with Gasteiger partial charge in [-0.1, -0.05) is 20.8 Å². The molecule has 1 aliphatic rings. The summed E-state index contributed by atoms with van der Waals surface area (Å²) in [6.07, 6.45) is 2.84. The number of hydrogen-bond acceptors (Lipinski definition) is 5. The summed E-state index contributed by atoms with van der Waals surface area (Å²) in [7, 11) is 0. The summed E-state index contributed by atoms with van der Waals surface area (Å²) in [6.45, 7) is 6.57. The molecule has 1 aliphatic carbocycles. The molecule has 0 bridgehead atoms. The van der Waals surface area contributed by atoms with E-state index in [1.807, 2.05) is 0 Å². The quantitative estimate of drug-likeness (QED) is 0.677. The first-order chi connectivity index (χ1) is 9.27. The standard InChI is InChI=1S/C14H21N3O3/c1-9-6-10(8-14(2,3)7-9)20-13-11(17(18)19)4-5-12(15)16-13/h4-5,9-10H,6-8H2,1-3H3,(H2,15,16). The summed E-state index contributed by atoms with van der Waals surface area (Å²) in [4.78, 5) is 14.5. The molecular formula is C14H21N3O3. The van der Waals surface area contributed by atoms with Crippen LogP contribution in [0.15, 0.2) is 12.1 Å². The second-order valence-corrected chi connectivity index (χ2v) is 6.47.